The third-order valence-electron chi connectivity index (χ3n) is 5.98. The number of piperazine rings is 1. The quantitative estimate of drug-likeness (QED) is 0.621. The van der Waals surface area contributed by atoms with Crippen molar-refractivity contribution >= 4 is 17.5 Å². The fourth-order valence-electron chi connectivity index (χ4n) is 4.27. The second kappa shape index (κ2) is 9.87. The van der Waals surface area contributed by atoms with Crippen LogP contribution in [0.15, 0.2) is 48.5 Å². The van der Waals surface area contributed by atoms with Gasteiger partial charge in [0.15, 0.2) is 12.6 Å². The van der Waals surface area contributed by atoms with E-state index in [2.05, 4.69) is 5.32 Å². The van der Waals surface area contributed by atoms with E-state index in [1.807, 2.05) is 76.5 Å². The lowest BCUT2D eigenvalue weighted by molar-refractivity contribution is -1.02. The van der Waals surface area contributed by atoms with Crippen molar-refractivity contribution in [1.29, 1.82) is 0 Å². The molecule has 0 radical (unpaired) electrons. The highest BCUT2D eigenvalue weighted by Gasteiger charge is 2.36. The molecule has 6 heteroatoms. The van der Waals surface area contributed by atoms with Gasteiger partial charge in [-0.05, 0) is 25.0 Å². The van der Waals surface area contributed by atoms with E-state index >= 15 is 0 Å². The molecule has 2 aromatic rings. The number of amides is 2. The van der Waals surface area contributed by atoms with E-state index in [9.17, 15) is 9.59 Å². The standard InChI is InChI=1S/C24H32N4O2/c1-18-9-8-10-19(2)22(18)25-21(29)17-27-13-15-28(16-14-27)23(24(30)26(3)4)20-11-6-5-7-12-20/h5-12,23H,13-17H2,1-4H3,(H,25,29)/p+2/t23-/m0/s1. The van der Waals surface area contributed by atoms with Crippen molar-refractivity contribution in [2.45, 2.75) is 19.9 Å². The number of benzene rings is 2. The predicted octanol–water partition coefficient (Wildman–Crippen LogP) is -0.145. The molecule has 1 aliphatic heterocycles. The number of nitrogens with one attached hydrogen (secondary N) is 3. The first-order valence-electron chi connectivity index (χ1n) is 10.7. The Morgan fingerprint density at radius 3 is 2.10 bits per heavy atom. The van der Waals surface area contributed by atoms with Gasteiger partial charge in [-0.25, -0.2) is 0 Å². The van der Waals surface area contributed by atoms with Crippen LogP contribution in [0.2, 0.25) is 0 Å². The zero-order chi connectivity index (χ0) is 21.7. The van der Waals surface area contributed by atoms with Crippen molar-refractivity contribution in [2.75, 3.05) is 52.1 Å². The Bertz CT molecular complexity index is 854. The van der Waals surface area contributed by atoms with E-state index in [1.54, 1.807) is 4.90 Å². The number of para-hydroxylation sites is 1. The van der Waals surface area contributed by atoms with Gasteiger partial charge in [-0.15, -0.1) is 0 Å². The van der Waals surface area contributed by atoms with Gasteiger partial charge < -0.3 is 20.0 Å². The van der Waals surface area contributed by atoms with Gasteiger partial charge in [-0.1, -0.05) is 48.5 Å². The molecule has 6 nitrogen and oxygen atoms in total. The van der Waals surface area contributed by atoms with Crippen molar-refractivity contribution in [3.8, 4) is 0 Å². The van der Waals surface area contributed by atoms with Crippen molar-refractivity contribution in [3.63, 3.8) is 0 Å². The molecule has 1 fully saturated rings. The number of hydrogen-bond acceptors (Lipinski definition) is 2. The predicted molar refractivity (Wildman–Crippen MR) is 119 cm³/mol. The molecule has 0 spiro atoms. The van der Waals surface area contributed by atoms with Crippen LogP contribution < -0.4 is 15.1 Å². The highest BCUT2D eigenvalue weighted by molar-refractivity contribution is 5.93. The Morgan fingerprint density at radius 1 is 0.933 bits per heavy atom. The minimum absolute atomic E-state index is 0.0508. The van der Waals surface area contributed by atoms with E-state index in [-0.39, 0.29) is 17.9 Å². The van der Waals surface area contributed by atoms with Crippen molar-refractivity contribution in [3.05, 3.63) is 65.2 Å². The average molecular weight is 411 g/mol. The second-order valence-corrected chi connectivity index (χ2v) is 8.48. The molecule has 1 saturated heterocycles. The molecule has 30 heavy (non-hydrogen) atoms. The van der Waals surface area contributed by atoms with Gasteiger partial charge in [0.2, 0.25) is 0 Å². The van der Waals surface area contributed by atoms with Crippen LogP contribution in [0.3, 0.4) is 0 Å². The van der Waals surface area contributed by atoms with E-state index in [4.69, 9.17) is 0 Å². The van der Waals surface area contributed by atoms with Crippen LogP contribution in [0.4, 0.5) is 5.69 Å². The highest BCUT2D eigenvalue weighted by Crippen LogP contribution is 2.19. The van der Waals surface area contributed by atoms with E-state index in [1.165, 1.54) is 9.80 Å². The lowest BCUT2D eigenvalue weighted by Crippen LogP contribution is -3.28. The number of aryl methyl sites for hydroxylation is 2. The molecule has 0 bridgehead atoms. The maximum Gasteiger partial charge on any atom is 0.285 e. The minimum Gasteiger partial charge on any atom is -0.343 e. The summed E-state index contributed by atoms with van der Waals surface area (Å²) in [6, 6.07) is 15.9. The van der Waals surface area contributed by atoms with E-state index in [0.29, 0.717) is 6.54 Å². The fraction of sp³-hybridized carbons (Fsp3) is 0.417. The van der Waals surface area contributed by atoms with Crippen LogP contribution in [0.1, 0.15) is 22.7 Å². The number of rotatable bonds is 6. The lowest BCUT2D eigenvalue weighted by atomic mass is 10.0. The number of quaternary nitrogens is 2. The van der Waals surface area contributed by atoms with Crippen LogP contribution in [-0.2, 0) is 9.59 Å². The summed E-state index contributed by atoms with van der Waals surface area (Å²) in [6.07, 6.45) is 0. The number of carbonyl (C=O) groups is 2. The SMILES string of the molecule is Cc1cccc(C)c1NC(=O)C[NH+]1CC[NH+]([C@H](C(=O)N(C)C)c2ccccc2)CC1. The Labute approximate surface area is 179 Å². The Morgan fingerprint density at radius 2 is 1.53 bits per heavy atom. The summed E-state index contributed by atoms with van der Waals surface area (Å²) in [5, 5.41) is 3.09. The zero-order valence-electron chi connectivity index (χ0n) is 18.5. The van der Waals surface area contributed by atoms with Crippen molar-refractivity contribution in [2.24, 2.45) is 0 Å². The molecule has 1 aliphatic rings. The van der Waals surface area contributed by atoms with Gasteiger partial charge in [-0.3, -0.25) is 9.59 Å². The molecule has 160 valence electrons. The lowest BCUT2D eigenvalue weighted by Gasteiger charge is -2.34. The second-order valence-electron chi connectivity index (χ2n) is 8.48. The number of likely N-dealkylation sites (N-methyl/N-ethyl adjacent to an activating group) is 1. The van der Waals surface area contributed by atoms with Gasteiger partial charge in [0.1, 0.15) is 26.2 Å². The first-order valence-corrected chi connectivity index (χ1v) is 10.7. The monoisotopic (exact) mass is 410 g/mol. The average Bonchev–Trinajstić information content (AvgIpc) is 2.73. The molecule has 0 aliphatic carbocycles. The Kier molecular flexibility index (Phi) is 7.24. The van der Waals surface area contributed by atoms with Crippen molar-refractivity contribution < 1.29 is 19.4 Å². The molecule has 0 aromatic heterocycles. The van der Waals surface area contributed by atoms with Gasteiger partial charge in [-0.2, -0.15) is 0 Å². The number of carbonyl (C=O) groups excluding carboxylic acids is 2. The van der Waals surface area contributed by atoms with Crippen LogP contribution in [-0.4, -0.2) is 63.5 Å². The molecule has 3 N–H and O–H groups in total. The molecule has 1 heterocycles. The summed E-state index contributed by atoms with van der Waals surface area (Å²) in [4.78, 5) is 29.8. The summed E-state index contributed by atoms with van der Waals surface area (Å²) >= 11 is 0. The van der Waals surface area contributed by atoms with Gasteiger partial charge in [0, 0.05) is 25.3 Å². The topological polar surface area (TPSA) is 58.3 Å². The summed E-state index contributed by atoms with van der Waals surface area (Å²) in [5.41, 5.74) is 4.15. The van der Waals surface area contributed by atoms with E-state index in [0.717, 1.165) is 48.6 Å². The molecule has 2 aromatic carbocycles. The number of nitrogens with zero attached hydrogens (tertiary/aromatic N) is 1. The summed E-state index contributed by atoms with van der Waals surface area (Å²) in [7, 11) is 3.63. The number of hydrogen-bond donors (Lipinski definition) is 3. The van der Waals surface area contributed by atoms with Gasteiger partial charge in [0.05, 0.1) is 0 Å². The third kappa shape index (κ3) is 5.26. The Balaban J connectivity index is 1.60. The largest absolute Gasteiger partial charge is 0.343 e. The van der Waals surface area contributed by atoms with E-state index < -0.39 is 0 Å². The fourth-order valence-corrected chi connectivity index (χ4v) is 4.27. The highest BCUT2D eigenvalue weighted by atomic mass is 16.2. The third-order valence-corrected chi connectivity index (χ3v) is 5.98. The minimum atomic E-state index is -0.189. The molecule has 0 unspecified atom stereocenters. The van der Waals surface area contributed by atoms with Crippen molar-refractivity contribution in [1.82, 2.24) is 4.90 Å². The summed E-state index contributed by atoms with van der Waals surface area (Å²) in [6.45, 7) is 7.97. The molecular weight excluding hydrogens is 376 g/mol. The molecular formula is C24H34N4O2+2. The Hall–Kier alpha value is -2.70. The normalized spacial score (nSPS) is 19.7. The first-order chi connectivity index (χ1) is 14.4. The molecule has 1 atom stereocenters. The molecule has 2 amide bonds. The summed E-state index contributed by atoms with van der Waals surface area (Å²) in [5.74, 6) is 0.183. The molecule has 0 saturated carbocycles. The van der Waals surface area contributed by atoms with Crippen LogP contribution in [0, 0.1) is 13.8 Å². The zero-order valence-corrected chi connectivity index (χ0v) is 18.5. The summed E-state index contributed by atoms with van der Waals surface area (Å²) < 4.78 is 0. The van der Waals surface area contributed by atoms with Crippen LogP contribution >= 0.6 is 0 Å². The van der Waals surface area contributed by atoms with Crippen LogP contribution in [0.25, 0.3) is 0 Å². The number of anilines is 1. The first kappa shape index (κ1) is 22.0. The van der Waals surface area contributed by atoms with Gasteiger partial charge in [0.25, 0.3) is 11.8 Å². The molecule has 3 rings (SSSR count). The maximum atomic E-state index is 12.9. The smallest absolute Gasteiger partial charge is 0.285 e. The maximum absolute atomic E-state index is 12.9. The van der Waals surface area contributed by atoms with Gasteiger partial charge >= 0.3 is 0 Å². The van der Waals surface area contributed by atoms with Crippen LogP contribution in [0.5, 0.6) is 0 Å².